The molecule has 0 saturated carbocycles. The molecule has 0 aliphatic rings. The predicted molar refractivity (Wildman–Crippen MR) is 62.3 cm³/mol. The van der Waals surface area contributed by atoms with Crippen molar-refractivity contribution in [3.05, 3.63) is 0 Å². The van der Waals surface area contributed by atoms with Crippen LogP contribution in [0.2, 0.25) is 0 Å². The van der Waals surface area contributed by atoms with Crippen LogP contribution in [-0.4, -0.2) is 44.3 Å². The smallest absolute Gasteiger partial charge is 0.230 e. The molecule has 0 bridgehead atoms. The molecule has 0 amide bonds. The molecular formula is C10H20N2O3S. The van der Waals surface area contributed by atoms with Crippen molar-refractivity contribution in [3.8, 4) is 6.07 Å². The molecule has 2 unspecified atom stereocenters. The average molecular weight is 248 g/mol. The number of rotatable bonds is 7. The Morgan fingerprint density at radius 1 is 1.44 bits per heavy atom. The van der Waals surface area contributed by atoms with Crippen LogP contribution in [0.1, 0.15) is 27.2 Å². The Hall–Kier alpha value is -0.640. The average Bonchev–Trinajstić information content (AvgIpc) is 2.19. The van der Waals surface area contributed by atoms with Gasteiger partial charge in [0.05, 0.1) is 12.7 Å². The lowest BCUT2D eigenvalue weighted by atomic mass is 10.3. The molecule has 0 aromatic carbocycles. The Morgan fingerprint density at radius 3 is 2.31 bits per heavy atom. The minimum absolute atomic E-state index is 0.248. The molecule has 0 radical (unpaired) electrons. The maximum atomic E-state index is 12.1. The van der Waals surface area contributed by atoms with Crippen molar-refractivity contribution in [1.82, 2.24) is 4.31 Å². The molecule has 0 aromatic rings. The van der Waals surface area contributed by atoms with Gasteiger partial charge < -0.3 is 4.74 Å². The molecule has 0 aliphatic heterocycles. The summed E-state index contributed by atoms with van der Waals surface area (Å²) >= 11 is 0. The van der Waals surface area contributed by atoms with Gasteiger partial charge in [-0.3, -0.25) is 0 Å². The second-order valence-electron chi connectivity index (χ2n) is 3.58. The largest absolute Gasteiger partial charge is 0.383 e. The van der Waals surface area contributed by atoms with E-state index in [1.807, 2.05) is 6.07 Å². The maximum Gasteiger partial charge on any atom is 0.230 e. The van der Waals surface area contributed by atoms with Gasteiger partial charge in [-0.1, -0.05) is 13.8 Å². The summed E-state index contributed by atoms with van der Waals surface area (Å²) in [6, 6.07) is 1.59. The molecule has 16 heavy (non-hydrogen) atoms. The van der Waals surface area contributed by atoms with Crippen molar-refractivity contribution in [2.75, 3.05) is 20.3 Å². The molecule has 0 saturated heterocycles. The predicted octanol–water partition coefficient (Wildman–Crippen LogP) is 0.975. The second kappa shape index (κ2) is 6.84. The van der Waals surface area contributed by atoms with Crippen LogP contribution in [0.4, 0.5) is 0 Å². The summed E-state index contributed by atoms with van der Waals surface area (Å²) in [5.41, 5.74) is 0. The monoisotopic (exact) mass is 248 g/mol. The van der Waals surface area contributed by atoms with Crippen LogP contribution in [0, 0.1) is 11.3 Å². The first-order valence-electron chi connectivity index (χ1n) is 5.34. The lowest BCUT2D eigenvalue weighted by Gasteiger charge is -2.28. The summed E-state index contributed by atoms with van der Waals surface area (Å²) in [4.78, 5) is 0. The summed E-state index contributed by atoms with van der Waals surface area (Å²) < 4.78 is 30.4. The highest BCUT2D eigenvalue weighted by Gasteiger charge is 2.32. The van der Waals surface area contributed by atoms with Gasteiger partial charge in [0.15, 0.2) is 5.25 Å². The Bertz CT molecular complexity index is 334. The third kappa shape index (κ3) is 3.44. The van der Waals surface area contributed by atoms with E-state index < -0.39 is 15.3 Å². The van der Waals surface area contributed by atoms with Gasteiger partial charge >= 0.3 is 0 Å². The molecule has 0 rings (SSSR count). The summed E-state index contributed by atoms with van der Waals surface area (Å²) in [5.74, 6) is 0. The first-order chi connectivity index (χ1) is 7.45. The fourth-order valence-electron chi connectivity index (χ4n) is 1.60. The normalized spacial score (nSPS) is 15.8. The van der Waals surface area contributed by atoms with Crippen LogP contribution in [0.25, 0.3) is 0 Å². The van der Waals surface area contributed by atoms with E-state index in [-0.39, 0.29) is 6.04 Å². The lowest BCUT2D eigenvalue weighted by molar-refractivity contribution is 0.142. The van der Waals surface area contributed by atoms with Crippen molar-refractivity contribution >= 4 is 10.0 Å². The molecule has 2 atom stereocenters. The number of sulfonamides is 1. The number of hydrogen-bond donors (Lipinski definition) is 0. The zero-order chi connectivity index (χ0) is 12.8. The van der Waals surface area contributed by atoms with Crippen LogP contribution in [0.3, 0.4) is 0 Å². The summed E-state index contributed by atoms with van der Waals surface area (Å²) in [6.45, 7) is 5.91. The highest BCUT2D eigenvalue weighted by molar-refractivity contribution is 7.90. The van der Waals surface area contributed by atoms with E-state index in [1.165, 1.54) is 11.4 Å². The summed E-state index contributed by atoms with van der Waals surface area (Å²) in [7, 11) is -2.02. The number of ether oxygens (including phenoxy) is 1. The summed E-state index contributed by atoms with van der Waals surface area (Å²) in [5, 5.41) is 7.86. The van der Waals surface area contributed by atoms with Gasteiger partial charge in [-0.05, 0) is 13.3 Å². The molecule has 6 heteroatoms. The molecule has 0 N–H and O–H groups in total. The van der Waals surface area contributed by atoms with Gasteiger partial charge in [0, 0.05) is 19.7 Å². The van der Waals surface area contributed by atoms with Crippen LogP contribution in [-0.2, 0) is 14.8 Å². The molecule has 0 spiro atoms. The fraction of sp³-hybridized carbons (Fsp3) is 0.900. The van der Waals surface area contributed by atoms with Crippen LogP contribution >= 0.6 is 0 Å². The number of hydrogen-bond acceptors (Lipinski definition) is 4. The molecule has 0 aliphatic carbocycles. The standard InChI is InChI=1S/C10H20N2O3S/c1-5-10(7-11)16(13,14)12(6-2)9(3)8-15-4/h9-10H,5-6,8H2,1-4H3. The Balaban J connectivity index is 5.02. The van der Waals surface area contributed by atoms with Crippen molar-refractivity contribution in [2.45, 2.75) is 38.5 Å². The van der Waals surface area contributed by atoms with E-state index in [4.69, 9.17) is 10.00 Å². The van der Waals surface area contributed by atoms with E-state index in [2.05, 4.69) is 0 Å². The number of nitrogens with zero attached hydrogens (tertiary/aromatic N) is 2. The fourth-order valence-corrected chi connectivity index (χ4v) is 3.40. The lowest BCUT2D eigenvalue weighted by Crippen LogP contribution is -2.45. The van der Waals surface area contributed by atoms with E-state index in [0.717, 1.165) is 0 Å². The molecule has 0 fully saturated rings. The van der Waals surface area contributed by atoms with Gasteiger partial charge in [-0.25, -0.2) is 8.42 Å². The van der Waals surface area contributed by atoms with Crippen molar-refractivity contribution in [2.24, 2.45) is 0 Å². The van der Waals surface area contributed by atoms with Gasteiger partial charge in [0.25, 0.3) is 0 Å². The van der Waals surface area contributed by atoms with Crippen LogP contribution in [0.5, 0.6) is 0 Å². The minimum Gasteiger partial charge on any atom is -0.383 e. The van der Waals surface area contributed by atoms with E-state index in [9.17, 15) is 8.42 Å². The van der Waals surface area contributed by atoms with E-state index in [1.54, 1.807) is 20.8 Å². The van der Waals surface area contributed by atoms with Crippen LogP contribution in [0.15, 0.2) is 0 Å². The highest BCUT2D eigenvalue weighted by Crippen LogP contribution is 2.15. The van der Waals surface area contributed by atoms with Crippen molar-refractivity contribution < 1.29 is 13.2 Å². The van der Waals surface area contributed by atoms with Gasteiger partial charge in [0.2, 0.25) is 10.0 Å². The highest BCUT2D eigenvalue weighted by atomic mass is 32.2. The second-order valence-corrected chi connectivity index (χ2v) is 5.65. The third-order valence-electron chi connectivity index (χ3n) is 2.41. The summed E-state index contributed by atoms with van der Waals surface area (Å²) in [6.07, 6.45) is 0.301. The van der Waals surface area contributed by atoms with Crippen molar-refractivity contribution in [3.63, 3.8) is 0 Å². The number of methoxy groups -OCH3 is 1. The Kier molecular flexibility index (Phi) is 6.56. The number of likely N-dealkylation sites (N-methyl/N-ethyl adjacent to an activating group) is 1. The zero-order valence-electron chi connectivity index (χ0n) is 10.3. The minimum atomic E-state index is -3.54. The van der Waals surface area contributed by atoms with E-state index >= 15 is 0 Å². The van der Waals surface area contributed by atoms with Gasteiger partial charge in [-0.2, -0.15) is 9.57 Å². The molecule has 0 heterocycles. The first kappa shape index (κ1) is 15.4. The molecular weight excluding hydrogens is 228 g/mol. The topological polar surface area (TPSA) is 70.4 Å². The van der Waals surface area contributed by atoms with Crippen molar-refractivity contribution in [1.29, 1.82) is 5.26 Å². The number of nitriles is 1. The Labute approximate surface area is 98.1 Å². The molecule has 94 valence electrons. The molecule has 0 aromatic heterocycles. The quantitative estimate of drug-likeness (QED) is 0.673. The molecule has 5 nitrogen and oxygen atoms in total. The zero-order valence-corrected chi connectivity index (χ0v) is 11.1. The van der Waals surface area contributed by atoms with E-state index in [0.29, 0.717) is 19.6 Å². The Morgan fingerprint density at radius 2 is 2.00 bits per heavy atom. The third-order valence-corrected chi connectivity index (χ3v) is 4.84. The van der Waals surface area contributed by atoms with Gasteiger partial charge in [-0.15, -0.1) is 0 Å². The first-order valence-corrected chi connectivity index (χ1v) is 6.85. The van der Waals surface area contributed by atoms with Crippen LogP contribution < -0.4 is 0 Å². The maximum absolute atomic E-state index is 12.1. The SMILES string of the molecule is CCC(C#N)S(=O)(=O)N(CC)C(C)COC. The van der Waals surface area contributed by atoms with Gasteiger partial charge in [0.1, 0.15) is 0 Å².